The summed E-state index contributed by atoms with van der Waals surface area (Å²) in [6, 6.07) is 7.62. The van der Waals surface area contributed by atoms with Crippen LogP contribution in [0.15, 0.2) is 28.7 Å². The van der Waals surface area contributed by atoms with E-state index < -0.39 is 0 Å². The molecular formula is C15H15ClN4O. The lowest BCUT2D eigenvalue weighted by Gasteiger charge is -1.98. The summed E-state index contributed by atoms with van der Waals surface area (Å²) in [7, 11) is 1.90. The Morgan fingerprint density at radius 3 is 2.71 bits per heavy atom. The second kappa shape index (κ2) is 5.33. The highest BCUT2D eigenvalue weighted by atomic mass is 35.5. The molecule has 0 atom stereocenters. The van der Waals surface area contributed by atoms with Gasteiger partial charge in [-0.1, -0.05) is 23.7 Å². The molecular weight excluding hydrogens is 288 g/mol. The first-order valence-electron chi connectivity index (χ1n) is 6.62. The Morgan fingerprint density at radius 2 is 2.05 bits per heavy atom. The average molecular weight is 303 g/mol. The predicted molar refractivity (Wildman–Crippen MR) is 80.2 cm³/mol. The lowest BCUT2D eigenvalue weighted by molar-refractivity contribution is 0.517. The Hall–Kier alpha value is -2.14. The number of nitrogens with zero attached hydrogens (tertiary/aromatic N) is 4. The molecule has 0 aliphatic carbocycles. The smallest absolute Gasteiger partial charge is 0.251 e. The molecule has 0 aliphatic heterocycles. The van der Waals surface area contributed by atoms with E-state index in [2.05, 4.69) is 15.3 Å². The molecule has 0 spiro atoms. The van der Waals surface area contributed by atoms with E-state index in [9.17, 15) is 0 Å². The minimum Gasteiger partial charge on any atom is -0.420 e. The van der Waals surface area contributed by atoms with E-state index in [1.54, 1.807) is 0 Å². The molecule has 0 fully saturated rings. The number of rotatable bonds is 3. The number of hydrogen-bond acceptors (Lipinski definition) is 4. The van der Waals surface area contributed by atoms with E-state index >= 15 is 0 Å². The topological polar surface area (TPSA) is 56.7 Å². The zero-order chi connectivity index (χ0) is 15.0. The van der Waals surface area contributed by atoms with Crippen molar-refractivity contribution in [3.63, 3.8) is 0 Å². The molecule has 3 rings (SSSR count). The van der Waals surface area contributed by atoms with Gasteiger partial charge in [-0.05, 0) is 31.5 Å². The first-order chi connectivity index (χ1) is 10.0. The van der Waals surface area contributed by atoms with Crippen LogP contribution in [0.1, 0.15) is 22.8 Å². The normalized spacial score (nSPS) is 11.0. The van der Waals surface area contributed by atoms with Crippen molar-refractivity contribution in [2.24, 2.45) is 7.05 Å². The van der Waals surface area contributed by atoms with Crippen LogP contribution in [0.4, 0.5) is 0 Å². The fourth-order valence-electron chi connectivity index (χ4n) is 2.33. The summed E-state index contributed by atoms with van der Waals surface area (Å²) in [4.78, 5) is 0. The van der Waals surface area contributed by atoms with Gasteiger partial charge in [0.25, 0.3) is 5.89 Å². The maximum atomic E-state index is 5.98. The summed E-state index contributed by atoms with van der Waals surface area (Å²) in [6.07, 6.45) is 0.561. The first-order valence-corrected chi connectivity index (χ1v) is 7.00. The Bertz CT molecular complexity index is 791. The summed E-state index contributed by atoms with van der Waals surface area (Å²) in [5, 5.41) is 13.3. The second-order valence-electron chi connectivity index (χ2n) is 4.98. The van der Waals surface area contributed by atoms with Gasteiger partial charge < -0.3 is 4.42 Å². The van der Waals surface area contributed by atoms with Crippen molar-refractivity contribution in [2.75, 3.05) is 0 Å². The largest absolute Gasteiger partial charge is 0.420 e. The van der Waals surface area contributed by atoms with Gasteiger partial charge in [-0.15, -0.1) is 10.2 Å². The van der Waals surface area contributed by atoms with E-state index in [-0.39, 0.29) is 0 Å². The zero-order valence-electron chi connectivity index (χ0n) is 12.1. The zero-order valence-corrected chi connectivity index (χ0v) is 12.8. The monoisotopic (exact) mass is 302 g/mol. The Morgan fingerprint density at radius 1 is 1.24 bits per heavy atom. The SMILES string of the molecule is Cc1nn(C)c(C)c1-c1nnc(Cc2cccc(Cl)c2)o1. The van der Waals surface area contributed by atoms with Crippen LogP contribution in [0.3, 0.4) is 0 Å². The van der Waals surface area contributed by atoms with E-state index in [0.717, 1.165) is 22.5 Å². The molecule has 3 aromatic rings. The molecule has 0 bridgehead atoms. The molecule has 0 radical (unpaired) electrons. The van der Waals surface area contributed by atoms with Crippen LogP contribution in [-0.2, 0) is 13.5 Å². The van der Waals surface area contributed by atoms with Crippen molar-refractivity contribution in [3.8, 4) is 11.5 Å². The van der Waals surface area contributed by atoms with Gasteiger partial charge in [0, 0.05) is 17.8 Å². The van der Waals surface area contributed by atoms with Crippen molar-refractivity contribution in [1.29, 1.82) is 0 Å². The molecule has 2 aromatic heterocycles. The number of aromatic nitrogens is 4. The third kappa shape index (κ3) is 2.69. The third-order valence-electron chi connectivity index (χ3n) is 3.43. The van der Waals surface area contributed by atoms with Crippen LogP contribution in [0.2, 0.25) is 5.02 Å². The summed E-state index contributed by atoms with van der Waals surface area (Å²) in [5.41, 5.74) is 3.83. The molecule has 1 aromatic carbocycles. The molecule has 21 heavy (non-hydrogen) atoms. The highest BCUT2D eigenvalue weighted by molar-refractivity contribution is 6.30. The summed E-state index contributed by atoms with van der Waals surface area (Å²) in [6.45, 7) is 3.92. The summed E-state index contributed by atoms with van der Waals surface area (Å²) < 4.78 is 7.58. The van der Waals surface area contributed by atoms with Crippen molar-refractivity contribution in [1.82, 2.24) is 20.0 Å². The van der Waals surface area contributed by atoms with Crippen molar-refractivity contribution in [3.05, 3.63) is 52.1 Å². The molecule has 0 N–H and O–H groups in total. The average Bonchev–Trinajstić information content (AvgIpc) is 2.95. The molecule has 0 saturated carbocycles. The number of benzene rings is 1. The maximum absolute atomic E-state index is 5.98. The van der Waals surface area contributed by atoms with Gasteiger partial charge in [0.05, 0.1) is 17.7 Å². The Kier molecular flexibility index (Phi) is 3.51. The van der Waals surface area contributed by atoms with Crippen LogP contribution < -0.4 is 0 Å². The van der Waals surface area contributed by atoms with Crippen LogP contribution in [0.5, 0.6) is 0 Å². The van der Waals surface area contributed by atoms with Crippen LogP contribution in [0, 0.1) is 13.8 Å². The predicted octanol–water partition coefficient (Wildman–Crippen LogP) is 3.33. The van der Waals surface area contributed by atoms with Crippen molar-refractivity contribution >= 4 is 11.6 Å². The van der Waals surface area contributed by atoms with Gasteiger partial charge in [0.1, 0.15) is 0 Å². The minimum atomic E-state index is 0.509. The molecule has 2 heterocycles. The molecule has 6 heteroatoms. The number of halogens is 1. The fourth-order valence-corrected chi connectivity index (χ4v) is 2.54. The Labute approximate surface area is 127 Å². The van der Waals surface area contributed by atoms with Crippen molar-refractivity contribution < 1.29 is 4.42 Å². The van der Waals surface area contributed by atoms with Gasteiger partial charge in [-0.3, -0.25) is 4.68 Å². The van der Waals surface area contributed by atoms with E-state index in [0.29, 0.717) is 23.2 Å². The standard InChI is InChI=1S/C15H15ClN4O/c1-9-14(10(2)20(3)19-9)15-18-17-13(21-15)8-11-5-4-6-12(16)7-11/h4-7H,8H2,1-3H3. The quantitative estimate of drug-likeness (QED) is 0.744. The first kappa shape index (κ1) is 13.8. The van der Waals surface area contributed by atoms with Crippen LogP contribution >= 0.6 is 11.6 Å². The Balaban J connectivity index is 1.90. The van der Waals surface area contributed by atoms with Gasteiger partial charge in [-0.25, -0.2) is 0 Å². The van der Waals surface area contributed by atoms with Gasteiger partial charge in [0.15, 0.2) is 0 Å². The molecule has 108 valence electrons. The van der Waals surface area contributed by atoms with Gasteiger partial charge in [-0.2, -0.15) is 5.10 Å². The summed E-state index contributed by atoms with van der Waals surface area (Å²) >= 11 is 5.98. The fraction of sp³-hybridized carbons (Fsp3) is 0.267. The third-order valence-corrected chi connectivity index (χ3v) is 3.67. The van der Waals surface area contributed by atoms with Crippen LogP contribution in [0.25, 0.3) is 11.5 Å². The molecule has 0 unspecified atom stereocenters. The number of aryl methyl sites for hydroxylation is 2. The summed E-state index contributed by atoms with van der Waals surface area (Å²) in [5.74, 6) is 1.07. The maximum Gasteiger partial charge on any atom is 0.251 e. The highest BCUT2D eigenvalue weighted by Gasteiger charge is 2.17. The highest BCUT2D eigenvalue weighted by Crippen LogP contribution is 2.25. The van der Waals surface area contributed by atoms with E-state index in [4.69, 9.17) is 16.0 Å². The molecule has 0 amide bonds. The molecule has 5 nitrogen and oxygen atoms in total. The minimum absolute atomic E-state index is 0.509. The number of hydrogen-bond donors (Lipinski definition) is 0. The van der Waals surface area contributed by atoms with Crippen molar-refractivity contribution in [2.45, 2.75) is 20.3 Å². The van der Waals surface area contributed by atoms with Gasteiger partial charge >= 0.3 is 0 Å². The van der Waals surface area contributed by atoms with Gasteiger partial charge in [0.2, 0.25) is 5.89 Å². The van der Waals surface area contributed by atoms with Crippen LogP contribution in [-0.4, -0.2) is 20.0 Å². The van der Waals surface area contributed by atoms with E-state index in [1.807, 2.05) is 49.8 Å². The molecule has 0 saturated heterocycles. The second-order valence-corrected chi connectivity index (χ2v) is 5.41. The lowest BCUT2D eigenvalue weighted by atomic mass is 10.1. The molecule has 0 aliphatic rings. The van der Waals surface area contributed by atoms with E-state index in [1.165, 1.54) is 0 Å². The lowest BCUT2D eigenvalue weighted by Crippen LogP contribution is -1.92.